The number of thioether (sulfide) groups is 1. The lowest BCUT2D eigenvalue weighted by Crippen LogP contribution is -2.30. The predicted molar refractivity (Wildman–Crippen MR) is 77.8 cm³/mol. The van der Waals surface area contributed by atoms with Crippen molar-refractivity contribution in [2.75, 3.05) is 23.0 Å². The summed E-state index contributed by atoms with van der Waals surface area (Å²) in [6.07, 6.45) is -4.78. The van der Waals surface area contributed by atoms with E-state index in [1.807, 2.05) is 6.92 Å². The first-order chi connectivity index (χ1) is 9.35. The van der Waals surface area contributed by atoms with Crippen LogP contribution in [0.25, 0.3) is 0 Å². The van der Waals surface area contributed by atoms with Crippen LogP contribution in [-0.4, -0.2) is 35.1 Å². The molecule has 1 amide bonds. The van der Waals surface area contributed by atoms with Gasteiger partial charge in [0.1, 0.15) is 5.00 Å². The summed E-state index contributed by atoms with van der Waals surface area (Å²) in [6.45, 7) is 2.26. The van der Waals surface area contributed by atoms with Gasteiger partial charge in [-0.3, -0.25) is 4.79 Å². The third-order valence-corrected chi connectivity index (χ3v) is 4.58. The van der Waals surface area contributed by atoms with Crippen LogP contribution < -0.4 is 4.90 Å². The molecule has 0 aliphatic rings. The molecular formula is C11H14ClF3N2OS2. The Hall–Kier alpha value is -0.470. The highest BCUT2D eigenvalue weighted by Crippen LogP contribution is 2.30. The maximum Gasteiger partial charge on any atom is 0.389 e. The Morgan fingerprint density at radius 2 is 2.20 bits per heavy atom. The van der Waals surface area contributed by atoms with Gasteiger partial charge in [-0.25, -0.2) is 4.98 Å². The fraction of sp³-hybridized carbons (Fsp3) is 0.636. The van der Waals surface area contributed by atoms with Crippen LogP contribution in [0.2, 0.25) is 5.15 Å². The average Bonchev–Trinajstić information content (AvgIpc) is 2.75. The summed E-state index contributed by atoms with van der Waals surface area (Å²) < 4.78 is 35.8. The van der Waals surface area contributed by atoms with Crippen LogP contribution in [0.15, 0.2) is 5.51 Å². The summed E-state index contributed by atoms with van der Waals surface area (Å²) in [5.74, 6) is 0.185. The smallest absolute Gasteiger partial charge is 0.301 e. The van der Waals surface area contributed by atoms with Gasteiger partial charge < -0.3 is 4.90 Å². The molecule has 0 N–H and O–H groups in total. The van der Waals surface area contributed by atoms with E-state index in [9.17, 15) is 18.0 Å². The number of aromatic nitrogens is 1. The quantitative estimate of drug-likeness (QED) is 0.693. The Bertz CT molecular complexity index is 440. The monoisotopic (exact) mass is 346 g/mol. The van der Waals surface area contributed by atoms with Crippen molar-refractivity contribution in [1.29, 1.82) is 0 Å². The second-order valence-corrected chi connectivity index (χ2v) is 6.23. The standard InChI is InChI=1S/C11H14ClF3N2OS2/c1-2-17(10-9(12)16-7-20-10)8(18)3-5-19-6-4-11(13,14)15/h7H,2-6H2,1H3. The number of nitrogens with zero attached hydrogens (tertiary/aromatic N) is 2. The van der Waals surface area contributed by atoms with Gasteiger partial charge in [0.15, 0.2) is 5.15 Å². The molecule has 0 bridgehead atoms. The van der Waals surface area contributed by atoms with E-state index in [-0.39, 0.29) is 23.2 Å². The molecule has 1 rings (SSSR count). The topological polar surface area (TPSA) is 33.2 Å². The Morgan fingerprint density at radius 3 is 2.70 bits per heavy atom. The Kier molecular flexibility index (Phi) is 7.11. The highest BCUT2D eigenvalue weighted by Gasteiger charge is 2.26. The number of rotatable bonds is 7. The number of thiazole rings is 1. The van der Waals surface area contributed by atoms with Gasteiger partial charge >= 0.3 is 6.18 Å². The molecule has 0 aromatic carbocycles. The van der Waals surface area contributed by atoms with Crippen LogP contribution in [0.4, 0.5) is 18.2 Å². The molecule has 1 aromatic heterocycles. The lowest BCUT2D eigenvalue weighted by Gasteiger charge is -2.18. The van der Waals surface area contributed by atoms with Crippen molar-refractivity contribution in [3.05, 3.63) is 10.7 Å². The molecule has 1 aromatic rings. The molecule has 20 heavy (non-hydrogen) atoms. The van der Waals surface area contributed by atoms with Crippen molar-refractivity contribution in [3.63, 3.8) is 0 Å². The van der Waals surface area contributed by atoms with E-state index >= 15 is 0 Å². The van der Waals surface area contributed by atoms with Crippen LogP contribution in [0.1, 0.15) is 19.8 Å². The SMILES string of the molecule is CCN(C(=O)CCSCCC(F)(F)F)c1scnc1Cl. The highest BCUT2D eigenvalue weighted by atomic mass is 35.5. The molecule has 1 heterocycles. The van der Waals surface area contributed by atoms with E-state index in [0.29, 0.717) is 17.3 Å². The lowest BCUT2D eigenvalue weighted by molar-refractivity contribution is -0.129. The second kappa shape index (κ2) is 8.09. The minimum absolute atomic E-state index is 0.0236. The van der Waals surface area contributed by atoms with Crippen LogP contribution in [0, 0.1) is 0 Å². The minimum Gasteiger partial charge on any atom is -0.301 e. The second-order valence-electron chi connectivity index (χ2n) is 3.81. The van der Waals surface area contributed by atoms with Gasteiger partial charge in [0.2, 0.25) is 5.91 Å². The summed E-state index contributed by atoms with van der Waals surface area (Å²) in [5.41, 5.74) is 1.55. The number of hydrogen-bond donors (Lipinski definition) is 0. The first-order valence-corrected chi connectivity index (χ1v) is 8.30. The molecule has 0 aliphatic heterocycles. The maximum atomic E-state index is 12.0. The highest BCUT2D eigenvalue weighted by molar-refractivity contribution is 7.99. The van der Waals surface area contributed by atoms with E-state index in [2.05, 4.69) is 4.98 Å². The molecule has 0 fully saturated rings. The van der Waals surface area contributed by atoms with Crippen LogP contribution in [-0.2, 0) is 4.79 Å². The molecular weight excluding hydrogens is 333 g/mol. The third-order valence-electron chi connectivity index (χ3n) is 2.36. The number of halogens is 4. The largest absolute Gasteiger partial charge is 0.389 e. The molecule has 114 valence electrons. The van der Waals surface area contributed by atoms with Crippen molar-refractivity contribution >= 4 is 45.6 Å². The Morgan fingerprint density at radius 1 is 1.50 bits per heavy atom. The van der Waals surface area contributed by atoms with Crippen molar-refractivity contribution in [2.24, 2.45) is 0 Å². The van der Waals surface area contributed by atoms with Gasteiger partial charge in [0, 0.05) is 24.5 Å². The zero-order chi connectivity index (χ0) is 15.2. The molecule has 0 saturated carbocycles. The summed E-state index contributed by atoms with van der Waals surface area (Å²) in [6, 6.07) is 0. The van der Waals surface area contributed by atoms with Crippen molar-refractivity contribution in [3.8, 4) is 0 Å². The Labute approximate surface area is 128 Å². The summed E-state index contributed by atoms with van der Waals surface area (Å²) in [4.78, 5) is 17.4. The average molecular weight is 347 g/mol. The number of carbonyl (C=O) groups is 1. The number of anilines is 1. The lowest BCUT2D eigenvalue weighted by atomic mass is 10.4. The van der Waals surface area contributed by atoms with Gasteiger partial charge in [0.05, 0.1) is 11.9 Å². The number of alkyl halides is 3. The number of amides is 1. The Balaban J connectivity index is 2.36. The number of hydrogen-bond acceptors (Lipinski definition) is 4. The predicted octanol–water partition coefficient (Wildman–Crippen LogP) is 4.23. The van der Waals surface area contributed by atoms with E-state index in [0.717, 1.165) is 11.8 Å². The van der Waals surface area contributed by atoms with Gasteiger partial charge in [-0.2, -0.15) is 24.9 Å². The molecule has 0 aliphatic carbocycles. The first kappa shape index (κ1) is 17.6. The third kappa shape index (κ3) is 5.88. The fourth-order valence-electron chi connectivity index (χ4n) is 1.42. The maximum absolute atomic E-state index is 12.0. The molecule has 0 unspecified atom stereocenters. The summed E-state index contributed by atoms with van der Waals surface area (Å²) in [7, 11) is 0. The van der Waals surface area contributed by atoms with Crippen molar-refractivity contribution in [1.82, 2.24) is 4.98 Å². The summed E-state index contributed by atoms with van der Waals surface area (Å²) in [5, 5.41) is 0.856. The molecule has 9 heteroatoms. The van der Waals surface area contributed by atoms with E-state index in [1.54, 1.807) is 5.51 Å². The molecule has 0 saturated heterocycles. The molecule has 0 atom stereocenters. The summed E-state index contributed by atoms with van der Waals surface area (Å²) >= 11 is 8.26. The van der Waals surface area contributed by atoms with E-state index < -0.39 is 12.6 Å². The first-order valence-electron chi connectivity index (χ1n) is 5.89. The molecule has 0 radical (unpaired) electrons. The van der Waals surface area contributed by atoms with Crippen molar-refractivity contribution < 1.29 is 18.0 Å². The minimum atomic E-state index is -4.14. The van der Waals surface area contributed by atoms with Crippen LogP contribution >= 0.6 is 34.7 Å². The normalized spacial score (nSPS) is 11.7. The number of carbonyl (C=O) groups excluding carboxylic acids is 1. The van der Waals surface area contributed by atoms with E-state index in [4.69, 9.17) is 11.6 Å². The van der Waals surface area contributed by atoms with Crippen LogP contribution in [0.5, 0.6) is 0 Å². The fourth-order valence-corrected chi connectivity index (χ4v) is 3.43. The van der Waals surface area contributed by atoms with Gasteiger partial charge in [-0.1, -0.05) is 11.6 Å². The van der Waals surface area contributed by atoms with Gasteiger partial charge in [0.25, 0.3) is 0 Å². The van der Waals surface area contributed by atoms with Gasteiger partial charge in [-0.15, -0.1) is 11.3 Å². The van der Waals surface area contributed by atoms with Gasteiger partial charge in [-0.05, 0) is 6.92 Å². The van der Waals surface area contributed by atoms with Crippen LogP contribution in [0.3, 0.4) is 0 Å². The van der Waals surface area contributed by atoms with Crippen molar-refractivity contribution in [2.45, 2.75) is 25.9 Å². The zero-order valence-corrected chi connectivity index (χ0v) is 13.1. The molecule has 0 spiro atoms. The molecule has 3 nitrogen and oxygen atoms in total. The van der Waals surface area contributed by atoms with E-state index in [1.165, 1.54) is 16.2 Å². The zero-order valence-electron chi connectivity index (χ0n) is 10.7.